The third-order valence-electron chi connectivity index (χ3n) is 6.35. The number of carboxylic acid groups (broad SMARTS) is 1. The molecule has 0 radical (unpaired) electrons. The molecule has 0 spiro atoms. The van der Waals surface area contributed by atoms with Crippen molar-refractivity contribution in [2.24, 2.45) is 5.92 Å². The van der Waals surface area contributed by atoms with Crippen LogP contribution in [0.25, 0.3) is 0 Å². The molecule has 186 valence electrons. The van der Waals surface area contributed by atoms with Gasteiger partial charge < -0.3 is 19.9 Å². The van der Waals surface area contributed by atoms with Gasteiger partial charge in [-0.05, 0) is 36.2 Å². The Morgan fingerprint density at radius 3 is 1.88 bits per heavy atom. The van der Waals surface area contributed by atoms with Gasteiger partial charge in [0, 0.05) is 0 Å². The second-order valence-corrected chi connectivity index (χ2v) is 9.12. The normalized spacial score (nSPS) is 12.8. The fraction of sp³-hybridized carbons (Fsp3) is 0.692. The van der Waals surface area contributed by atoms with Crippen molar-refractivity contribution < 1.29 is 29.5 Å². The lowest BCUT2D eigenvalue weighted by Gasteiger charge is -2.16. The van der Waals surface area contributed by atoms with E-state index in [9.17, 15) is 19.6 Å². The van der Waals surface area contributed by atoms with E-state index in [0.717, 1.165) is 25.7 Å². The maximum atomic E-state index is 11.8. The third-order valence-corrected chi connectivity index (χ3v) is 6.35. The van der Waals surface area contributed by atoms with Gasteiger partial charge in [-0.2, -0.15) is 0 Å². The van der Waals surface area contributed by atoms with Crippen molar-refractivity contribution in [3.63, 3.8) is 0 Å². The van der Waals surface area contributed by atoms with Gasteiger partial charge >= 0.3 is 19.1 Å². The summed E-state index contributed by atoms with van der Waals surface area (Å²) in [6.07, 6.45) is 13.8. The molecule has 33 heavy (non-hydrogen) atoms. The first-order chi connectivity index (χ1) is 15.8. The molecule has 2 unspecified atom stereocenters. The quantitative estimate of drug-likeness (QED) is 0.155. The predicted molar refractivity (Wildman–Crippen MR) is 132 cm³/mol. The van der Waals surface area contributed by atoms with Gasteiger partial charge in [0.1, 0.15) is 6.61 Å². The zero-order valence-corrected chi connectivity index (χ0v) is 20.5. The number of carbonyl (C=O) groups excluding carboxylic acids is 1. The van der Waals surface area contributed by atoms with Crippen LogP contribution in [0.2, 0.25) is 0 Å². The highest BCUT2D eigenvalue weighted by molar-refractivity contribution is 6.58. The van der Waals surface area contributed by atoms with Gasteiger partial charge in [-0.3, -0.25) is 9.59 Å². The van der Waals surface area contributed by atoms with Crippen LogP contribution >= 0.6 is 0 Å². The van der Waals surface area contributed by atoms with Crippen LogP contribution in [0.1, 0.15) is 109 Å². The van der Waals surface area contributed by atoms with Crippen LogP contribution in [-0.2, 0) is 14.3 Å². The van der Waals surface area contributed by atoms with Crippen molar-refractivity contribution in [3.05, 3.63) is 29.8 Å². The zero-order valence-electron chi connectivity index (χ0n) is 20.5. The van der Waals surface area contributed by atoms with E-state index >= 15 is 0 Å². The molecule has 2 atom stereocenters. The minimum Gasteiger partial charge on any atom is -0.481 e. The number of carbonyl (C=O) groups is 2. The number of aliphatic carboxylic acids is 1. The summed E-state index contributed by atoms with van der Waals surface area (Å²) in [4.78, 5) is 22.2. The number of esters is 1. The molecule has 6 nitrogen and oxygen atoms in total. The molecule has 3 N–H and O–H groups in total. The second kappa shape index (κ2) is 17.6. The lowest BCUT2D eigenvalue weighted by atomic mass is 9.79. The standard InChI is InChI=1S/C26H43BO6/c1-3-22(23-15-17-24(18-16-23)27(31)32)14-12-10-8-6-4-5-7-9-11-13-21(2)26(30)33-20-19-25(28)29/h15-18,21-22,31-32H,3-14,19-20H2,1-2H3,(H,28,29). The van der Waals surface area contributed by atoms with Gasteiger partial charge in [0.05, 0.1) is 12.3 Å². The van der Waals surface area contributed by atoms with Crippen molar-refractivity contribution in [2.45, 2.75) is 103 Å². The monoisotopic (exact) mass is 462 g/mol. The van der Waals surface area contributed by atoms with Gasteiger partial charge in [-0.15, -0.1) is 0 Å². The summed E-state index contributed by atoms with van der Waals surface area (Å²) in [5, 5.41) is 27.0. The van der Waals surface area contributed by atoms with Gasteiger partial charge in [-0.25, -0.2) is 0 Å². The Kier molecular flexibility index (Phi) is 15.6. The summed E-state index contributed by atoms with van der Waals surface area (Å²) in [7, 11) is -1.40. The Hall–Kier alpha value is -1.86. The van der Waals surface area contributed by atoms with E-state index in [1.54, 1.807) is 12.1 Å². The lowest BCUT2D eigenvalue weighted by Crippen LogP contribution is -2.29. The predicted octanol–water partition coefficient (Wildman–Crippen LogP) is 4.81. The Balaban J connectivity index is 2.00. The Labute approximate surface area is 199 Å². The highest BCUT2D eigenvalue weighted by Gasteiger charge is 2.15. The number of rotatable bonds is 19. The Bertz CT molecular complexity index is 661. The first-order valence-corrected chi connectivity index (χ1v) is 12.7. The average molecular weight is 462 g/mol. The number of hydrogen-bond acceptors (Lipinski definition) is 5. The summed E-state index contributed by atoms with van der Waals surface area (Å²) < 4.78 is 4.98. The zero-order chi connectivity index (χ0) is 24.5. The van der Waals surface area contributed by atoms with Crippen LogP contribution in [0.3, 0.4) is 0 Å². The molecule has 0 bridgehead atoms. The van der Waals surface area contributed by atoms with Crippen LogP contribution in [-0.4, -0.2) is 40.8 Å². The first kappa shape index (κ1) is 29.2. The summed E-state index contributed by atoms with van der Waals surface area (Å²) >= 11 is 0. The van der Waals surface area contributed by atoms with E-state index in [1.807, 2.05) is 19.1 Å². The lowest BCUT2D eigenvalue weighted by molar-refractivity contribution is -0.150. The van der Waals surface area contributed by atoms with Crippen LogP contribution in [0.15, 0.2) is 24.3 Å². The number of benzene rings is 1. The van der Waals surface area contributed by atoms with Crippen LogP contribution in [0.4, 0.5) is 0 Å². The molecule has 1 aromatic carbocycles. The van der Waals surface area contributed by atoms with E-state index in [4.69, 9.17) is 9.84 Å². The molecule has 0 saturated carbocycles. The number of hydrogen-bond donors (Lipinski definition) is 3. The molecular weight excluding hydrogens is 419 g/mol. The molecule has 0 aliphatic rings. The fourth-order valence-corrected chi connectivity index (χ4v) is 4.12. The molecule has 0 aliphatic carbocycles. The van der Waals surface area contributed by atoms with Crippen LogP contribution in [0.5, 0.6) is 0 Å². The first-order valence-electron chi connectivity index (χ1n) is 12.7. The van der Waals surface area contributed by atoms with E-state index in [-0.39, 0.29) is 24.9 Å². The largest absolute Gasteiger partial charge is 0.488 e. The molecule has 0 aromatic heterocycles. The molecule has 0 fully saturated rings. The smallest absolute Gasteiger partial charge is 0.481 e. The molecule has 0 amide bonds. The van der Waals surface area contributed by atoms with E-state index in [2.05, 4.69) is 6.92 Å². The van der Waals surface area contributed by atoms with Crippen molar-refractivity contribution in [2.75, 3.05) is 6.61 Å². The summed E-state index contributed by atoms with van der Waals surface area (Å²) in [5.74, 6) is -0.868. The van der Waals surface area contributed by atoms with Gasteiger partial charge in [-0.1, -0.05) is 95.9 Å². The second-order valence-electron chi connectivity index (χ2n) is 9.12. The molecule has 0 saturated heterocycles. The highest BCUT2D eigenvalue weighted by atomic mass is 16.5. The van der Waals surface area contributed by atoms with E-state index in [0.29, 0.717) is 11.4 Å². The molecule has 7 heteroatoms. The van der Waals surface area contributed by atoms with Gasteiger partial charge in [0.2, 0.25) is 0 Å². The molecule has 1 rings (SSSR count). The van der Waals surface area contributed by atoms with Gasteiger partial charge in [0.15, 0.2) is 0 Å². The summed E-state index contributed by atoms with van der Waals surface area (Å²) in [6, 6.07) is 7.65. The molecule has 0 heterocycles. The Morgan fingerprint density at radius 2 is 1.39 bits per heavy atom. The van der Waals surface area contributed by atoms with Crippen molar-refractivity contribution in [1.29, 1.82) is 0 Å². The highest BCUT2D eigenvalue weighted by Crippen LogP contribution is 2.25. The van der Waals surface area contributed by atoms with E-state index < -0.39 is 13.1 Å². The maximum absolute atomic E-state index is 11.8. The fourth-order valence-electron chi connectivity index (χ4n) is 4.12. The van der Waals surface area contributed by atoms with Crippen molar-refractivity contribution in [1.82, 2.24) is 0 Å². The number of unbranched alkanes of at least 4 members (excludes halogenated alkanes) is 8. The minimum absolute atomic E-state index is 0.0413. The minimum atomic E-state index is -1.40. The molecule has 1 aromatic rings. The molecular formula is C26H43BO6. The van der Waals surface area contributed by atoms with Crippen molar-refractivity contribution in [3.8, 4) is 0 Å². The van der Waals surface area contributed by atoms with Gasteiger partial charge in [0.25, 0.3) is 0 Å². The summed E-state index contributed by atoms with van der Waals surface area (Å²) in [5.41, 5.74) is 1.82. The summed E-state index contributed by atoms with van der Waals surface area (Å²) in [6.45, 7) is 4.02. The Morgan fingerprint density at radius 1 is 0.879 bits per heavy atom. The van der Waals surface area contributed by atoms with Crippen LogP contribution < -0.4 is 5.46 Å². The van der Waals surface area contributed by atoms with Crippen molar-refractivity contribution >= 4 is 24.5 Å². The number of carboxylic acids is 1. The number of ether oxygens (including phenoxy) is 1. The third kappa shape index (κ3) is 13.4. The maximum Gasteiger partial charge on any atom is 0.488 e. The molecule has 0 aliphatic heterocycles. The SMILES string of the molecule is CCC(CCCCCCCCCCCC(C)C(=O)OCCC(=O)O)c1ccc(B(O)O)cc1. The van der Waals surface area contributed by atoms with Crippen LogP contribution in [0, 0.1) is 5.92 Å². The van der Waals surface area contributed by atoms with E-state index in [1.165, 1.54) is 56.9 Å². The topological polar surface area (TPSA) is 104 Å². The average Bonchev–Trinajstić information content (AvgIpc) is 2.79.